The van der Waals surface area contributed by atoms with Crippen molar-refractivity contribution in [2.75, 3.05) is 19.7 Å². The average Bonchev–Trinajstić information content (AvgIpc) is 2.92. The monoisotopic (exact) mass is 225 g/mol. The molecular weight excluding hydrogens is 206 g/mol. The predicted molar refractivity (Wildman–Crippen MR) is 61.0 cm³/mol. The van der Waals surface area contributed by atoms with Crippen molar-refractivity contribution in [3.63, 3.8) is 0 Å². The number of hydrogen-bond donors (Lipinski definition) is 0. The second-order valence-corrected chi connectivity index (χ2v) is 4.85. The lowest BCUT2D eigenvalue weighted by atomic mass is 10.2. The Bertz CT molecular complexity index is 284. The van der Waals surface area contributed by atoms with Gasteiger partial charge in [0.25, 0.3) is 0 Å². The molecule has 1 atom stereocenters. The summed E-state index contributed by atoms with van der Waals surface area (Å²) in [6.07, 6.45) is 5.98. The van der Waals surface area contributed by atoms with Crippen molar-refractivity contribution < 1.29 is 14.3 Å². The van der Waals surface area contributed by atoms with Gasteiger partial charge in [-0.2, -0.15) is 0 Å². The van der Waals surface area contributed by atoms with Gasteiger partial charge >= 0.3 is 6.09 Å². The normalized spacial score (nSPS) is 18.8. The van der Waals surface area contributed by atoms with Crippen molar-refractivity contribution in [1.29, 1.82) is 0 Å². The zero-order chi connectivity index (χ0) is 12.2. The van der Waals surface area contributed by atoms with Gasteiger partial charge in [0.2, 0.25) is 0 Å². The summed E-state index contributed by atoms with van der Waals surface area (Å²) in [5, 5.41) is 0. The van der Waals surface area contributed by atoms with Gasteiger partial charge < -0.3 is 9.47 Å². The molecule has 0 N–H and O–H groups in total. The quantitative estimate of drug-likeness (QED) is 0.539. The van der Waals surface area contributed by atoms with E-state index in [2.05, 4.69) is 5.92 Å². The molecule has 0 aliphatic carbocycles. The molecule has 0 saturated carbocycles. The molecule has 0 aromatic rings. The van der Waals surface area contributed by atoms with Gasteiger partial charge in [0.15, 0.2) is 0 Å². The number of rotatable bonds is 4. The molecule has 0 spiro atoms. The summed E-state index contributed by atoms with van der Waals surface area (Å²) in [6.45, 7) is 7.17. The van der Waals surface area contributed by atoms with Crippen molar-refractivity contribution >= 4 is 6.09 Å². The highest BCUT2D eigenvalue weighted by Gasteiger charge is 2.26. The van der Waals surface area contributed by atoms with Crippen LogP contribution in [0.15, 0.2) is 0 Å². The molecule has 1 amide bonds. The highest BCUT2D eigenvalue weighted by atomic mass is 16.6. The third-order valence-electron chi connectivity index (χ3n) is 2.06. The Hall–Kier alpha value is -1.21. The third-order valence-corrected chi connectivity index (χ3v) is 2.06. The zero-order valence-corrected chi connectivity index (χ0v) is 10.2. The first-order valence-corrected chi connectivity index (χ1v) is 5.45. The second kappa shape index (κ2) is 5.22. The molecule has 4 heteroatoms. The van der Waals surface area contributed by atoms with Gasteiger partial charge in [-0.3, -0.25) is 4.90 Å². The molecule has 16 heavy (non-hydrogen) atoms. The maximum atomic E-state index is 11.7. The molecule has 0 bridgehead atoms. The Morgan fingerprint density at radius 2 is 2.25 bits per heavy atom. The van der Waals surface area contributed by atoms with Crippen LogP contribution in [-0.2, 0) is 9.47 Å². The second-order valence-electron chi connectivity index (χ2n) is 4.85. The number of carbonyl (C=O) groups excluding carboxylic acids is 1. The highest BCUT2D eigenvalue weighted by Crippen LogP contribution is 2.15. The fourth-order valence-corrected chi connectivity index (χ4v) is 1.21. The summed E-state index contributed by atoms with van der Waals surface area (Å²) in [6, 6.07) is 0. The minimum atomic E-state index is -0.486. The summed E-state index contributed by atoms with van der Waals surface area (Å²) in [7, 11) is 0. The van der Waals surface area contributed by atoms with E-state index in [1.807, 2.05) is 20.8 Å². The number of carbonyl (C=O) groups is 1. The molecule has 0 aromatic heterocycles. The first-order valence-electron chi connectivity index (χ1n) is 5.45. The molecule has 0 radical (unpaired) electrons. The number of hydrogen-bond acceptors (Lipinski definition) is 3. The smallest absolute Gasteiger partial charge is 0.411 e. The summed E-state index contributed by atoms with van der Waals surface area (Å²) in [5.41, 5.74) is -0.486. The van der Waals surface area contributed by atoms with E-state index >= 15 is 0 Å². The number of epoxide rings is 1. The molecule has 1 rings (SSSR count). The van der Waals surface area contributed by atoms with Crippen LogP contribution in [0.4, 0.5) is 4.79 Å². The van der Waals surface area contributed by atoms with Crippen LogP contribution in [0, 0.1) is 12.3 Å². The molecule has 1 fully saturated rings. The van der Waals surface area contributed by atoms with Gasteiger partial charge in [0.1, 0.15) is 5.60 Å². The molecule has 0 aromatic carbocycles. The molecule has 4 nitrogen and oxygen atoms in total. The minimum Gasteiger partial charge on any atom is -0.444 e. The lowest BCUT2D eigenvalue weighted by molar-refractivity contribution is 0.0271. The maximum Gasteiger partial charge on any atom is 0.411 e. The number of amides is 1. The molecule has 1 saturated heterocycles. The predicted octanol–water partition coefficient (Wildman–Crippen LogP) is 1.65. The summed E-state index contributed by atoms with van der Waals surface area (Å²) in [5.74, 6) is 2.46. The van der Waals surface area contributed by atoms with E-state index < -0.39 is 5.60 Å². The Kier molecular flexibility index (Phi) is 4.19. The first-order chi connectivity index (χ1) is 7.42. The van der Waals surface area contributed by atoms with Crippen molar-refractivity contribution in [2.24, 2.45) is 0 Å². The van der Waals surface area contributed by atoms with Crippen LogP contribution in [0.25, 0.3) is 0 Å². The van der Waals surface area contributed by atoms with Gasteiger partial charge in [0.05, 0.1) is 19.3 Å². The largest absolute Gasteiger partial charge is 0.444 e. The van der Waals surface area contributed by atoms with Crippen LogP contribution in [-0.4, -0.2) is 42.4 Å². The van der Waals surface area contributed by atoms with E-state index in [1.54, 1.807) is 0 Å². The molecule has 90 valence electrons. The highest BCUT2D eigenvalue weighted by molar-refractivity contribution is 5.68. The lowest BCUT2D eigenvalue weighted by Gasteiger charge is -2.25. The summed E-state index contributed by atoms with van der Waals surface area (Å²) in [4.78, 5) is 13.3. The zero-order valence-electron chi connectivity index (χ0n) is 10.2. The van der Waals surface area contributed by atoms with E-state index in [-0.39, 0.29) is 12.6 Å². The fraction of sp³-hybridized carbons (Fsp3) is 0.750. The fourth-order valence-electron chi connectivity index (χ4n) is 1.21. The number of terminal acetylenes is 1. The van der Waals surface area contributed by atoms with Crippen LogP contribution in [0.3, 0.4) is 0 Å². The van der Waals surface area contributed by atoms with Crippen LogP contribution in [0.1, 0.15) is 27.2 Å². The molecule has 1 heterocycles. The van der Waals surface area contributed by atoms with Gasteiger partial charge in [-0.05, 0) is 27.2 Å². The SMILES string of the molecule is C#CCN(CCC1CO1)C(=O)OC(C)(C)C. The number of ether oxygens (including phenoxy) is 2. The van der Waals surface area contributed by atoms with Crippen LogP contribution < -0.4 is 0 Å². The Balaban J connectivity index is 2.40. The van der Waals surface area contributed by atoms with Gasteiger partial charge in [-0.15, -0.1) is 6.42 Å². The maximum absolute atomic E-state index is 11.7. The summed E-state index contributed by atoms with van der Waals surface area (Å²) < 4.78 is 10.3. The molecule has 1 unspecified atom stereocenters. The molecule has 1 aliphatic heterocycles. The van der Waals surface area contributed by atoms with Crippen molar-refractivity contribution in [1.82, 2.24) is 4.90 Å². The lowest BCUT2D eigenvalue weighted by Crippen LogP contribution is -2.38. The van der Waals surface area contributed by atoms with E-state index in [4.69, 9.17) is 15.9 Å². The Morgan fingerprint density at radius 1 is 1.62 bits per heavy atom. The average molecular weight is 225 g/mol. The van der Waals surface area contributed by atoms with Crippen molar-refractivity contribution in [3.05, 3.63) is 0 Å². The van der Waals surface area contributed by atoms with E-state index in [1.165, 1.54) is 4.90 Å². The Labute approximate surface area is 96.9 Å². The van der Waals surface area contributed by atoms with E-state index in [0.29, 0.717) is 12.6 Å². The standard InChI is InChI=1S/C12H19NO3/c1-5-7-13(8-6-10-9-15-10)11(14)16-12(2,3)4/h1,10H,6-9H2,2-4H3. The molecular formula is C12H19NO3. The van der Waals surface area contributed by atoms with Crippen LogP contribution in [0.2, 0.25) is 0 Å². The third kappa shape index (κ3) is 5.04. The van der Waals surface area contributed by atoms with E-state index in [9.17, 15) is 4.79 Å². The van der Waals surface area contributed by atoms with Gasteiger partial charge in [0, 0.05) is 6.54 Å². The minimum absolute atomic E-state index is 0.279. The van der Waals surface area contributed by atoms with Crippen molar-refractivity contribution in [2.45, 2.75) is 38.9 Å². The first kappa shape index (κ1) is 12.9. The topological polar surface area (TPSA) is 42.1 Å². The van der Waals surface area contributed by atoms with Crippen LogP contribution in [0.5, 0.6) is 0 Å². The van der Waals surface area contributed by atoms with Crippen molar-refractivity contribution in [3.8, 4) is 12.3 Å². The van der Waals surface area contributed by atoms with E-state index in [0.717, 1.165) is 13.0 Å². The Morgan fingerprint density at radius 3 is 2.69 bits per heavy atom. The summed E-state index contributed by atoms with van der Waals surface area (Å²) >= 11 is 0. The number of nitrogens with zero attached hydrogens (tertiary/aromatic N) is 1. The molecule has 1 aliphatic rings. The van der Waals surface area contributed by atoms with Gasteiger partial charge in [-0.1, -0.05) is 5.92 Å². The van der Waals surface area contributed by atoms with Gasteiger partial charge in [-0.25, -0.2) is 4.79 Å². The van der Waals surface area contributed by atoms with Crippen LogP contribution >= 0.6 is 0 Å².